The summed E-state index contributed by atoms with van der Waals surface area (Å²) in [5.74, 6) is 0. The zero-order chi connectivity index (χ0) is 92.0. The van der Waals surface area contributed by atoms with E-state index in [1.54, 1.807) is 154 Å². The molecule has 0 aliphatic heterocycles. The van der Waals surface area contributed by atoms with Gasteiger partial charge >= 0.3 is 0 Å². The van der Waals surface area contributed by atoms with Crippen LogP contribution in [0.3, 0.4) is 0 Å². The van der Waals surface area contributed by atoms with Crippen LogP contribution < -0.4 is 0 Å². The number of rotatable bonds is 27. The molecule has 140 heavy (non-hydrogen) atoms. The molecule has 0 radical (unpaired) electrons. The molecule has 28 aromatic heterocycles. The van der Waals surface area contributed by atoms with Crippen molar-refractivity contribution in [3.63, 3.8) is 0 Å². The Balaban J connectivity index is 0.327. The van der Waals surface area contributed by atoms with E-state index >= 15 is 0 Å². The van der Waals surface area contributed by atoms with Gasteiger partial charge in [-0.1, -0.05) is 0 Å². The minimum Gasteiger partial charge on any atom is -0.243 e. The van der Waals surface area contributed by atoms with E-state index in [0.29, 0.717) is 0 Å². The predicted octanol–water partition coefficient (Wildman–Crippen LogP) is 31.5. The molecule has 674 valence electrons. The first-order chi connectivity index (χ1) is 69.1. The average Bonchev–Trinajstić information content (AvgIpc) is 1.67. The summed E-state index contributed by atoms with van der Waals surface area (Å²) in [5.41, 5.74) is 23.5. The van der Waals surface area contributed by atoms with Gasteiger partial charge in [-0.2, -0.15) is 0 Å². The van der Waals surface area contributed by atoms with Gasteiger partial charge in [-0.25, -0.2) is 140 Å². The van der Waals surface area contributed by atoms with Gasteiger partial charge in [-0.3, -0.25) is 0 Å². The molecule has 0 saturated heterocycles. The Kier molecular flexibility index (Phi) is 23.2. The van der Waals surface area contributed by atoms with E-state index in [1.807, 2.05) is 156 Å². The van der Waals surface area contributed by atoms with Crippen molar-refractivity contribution in [1.82, 2.24) is 140 Å². The summed E-state index contributed by atoms with van der Waals surface area (Å²) in [7, 11) is 0. The van der Waals surface area contributed by atoms with Crippen molar-refractivity contribution in [1.29, 1.82) is 0 Å². The smallest absolute Gasteiger partial charge is 0.143 e. The fourth-order valence-electron chi connectivity index (χ4n) is 13.4. The molecule has 0 unspecified atom stereocenters. The van der Waals surface area contributed by atoms with Crippen molar-refractivity contribution < 1.29 is 0 Å². The van der Waals surface area contributed by atoms with E-state index in [4.69, 9.17) is 130 Å². The van der Waals surface area contributed by atoms with E-state index in [2.05, 4.69) is 9.97 Å². The van der Waals surface area contributed by atoms with Gasteiger partial charge < -0.3 is 0 Å². The van der Waals surface area contributed by atoms with Crippen LogP contribution in [0.5, 0.6) is 0 Å². The van der Waals surface area contributed by atoms with E-state index in [0.717, 1.165) is 289 Å². The summed E-state index contributed by atoms with van der Waals surface area (Å²) in [4.78, 5) is 138. The van der Waals surface area contributed by atoms with E-state index in [9.17, 15) is 0 Å². The second-order valence-electron chi connectivity index (χ2n) is 28.7. The van der Waals surface area contributed by atoms with Crippen LogP contribution in [-0.4, -0.2) is 140 Å². The molecule has 0 amide bonds. The van der Waals surface area contributed by atoms with Crippen molar-refractivity contribution in [2.75, 3.05) is 0 Å². The summed E-state index contributed by atoms with van der Waals surface area (Å²) in [5, 5.41) is 78.8. The fourth-order valence-corrected chi connectivity index (χ4v) is 36.4. The summed E-state index contributed by atoms with van der Waals surface area (Å²) < 4.78 is 0. The first-order valence-electron chi connectivity index (χ1n) is 39.8. The highest BCUT2D eigenvalue weighted by Crippen LogP contribution is 2.48. The summed E-state index contributed by atoms with van der Waals surface area (Å²) in [6, 6.07) is 0. The maximum atomic E-state index is 5.02. The largest absolute Gasteiger partial charge is 0.243 e. The molecule has 0 atom stereocenters. The lowest BCUT2D eigenvalue weighted by molar-refractivity contribution is 1.28. The van der Waals surface area contributed by atoms with Crippen LogP contribution in [0.4, 0.5) is 0 Å². The first-order valence-corrected chi connectivity index (χ1v) is 64.5. The van der Waals surface area contributed by atoms with Crippen molar-refractivity contribution in [2.24, 2.45) is 0 Å². The molecule has 28 heterocycles. The molecule has 28 nitrogen and oxygen atoms in total. The molecule has 28 rings (SSSR count). The fraction of sp³-hybridized carbons (Fsp3) is 0. The Morgan fingerprint density at radius 1 is 0.100 bits per heavy atom. The highest BCUT2D eigenvalue weighted by molar-refractivity contribution is 7.24. The van der Waals surface area contributed by atoms with Crippen LogP contribution >= 0.6 is 317 Å². The van der Waals surface area contributed by atoms with Gasteiger partial charge in [-0.05, 0) is 0 Å². The second kappa shape index (κ2) is 37.1. The monoisotopic (exact) mass is 2330 g/mol. The number of hydrogen-bond acceptors (Lipinski definition) is 56. The Morgan fingerprint density at radius 3 is 0.300 bits per heavy atom. The Bertz CT molecular complexity index is 8390. The van der Waals surface area contributed by atoms with Crippen LogP contribution in [0.2, 0.25) is 0 Å². The number of aromatic nitrogens is 28. The maximum Gasteiger partial charge on any atom is 0.143 e. The van der Waals surface area contributed by atoms with E-state index in [-0.39, 0.29) is 0 Å². The Hall–Kier alpha value is -10.4. The van der Waals surface area contributed by atoms with Crippen LogP contribution in [0.15, 0.2) is 162 Å². The molecule has 0 fully saturated rings. The Morgan fingerprint density at radius 2 is 0.207 bits per heavy atom. The molecule has 0 aliphatic rings. The van der Waals surface area contributed by atoms with Gasteiger partial charge in [0.2, 0.25) is 0 Å². The zero-order valence-electron chi connectivity index (χ0n) is 68.3. The molecule has 0 aromatic carbocycles. The molecule has 0 bridgehead atoms. The molecule has 0 aliphatic carbocycles. The van der Waals surface area contributed by atoms with Crippen LogP contribution in [0.1, 0.15) is 0 Å². The SMILES string of the molecule is c1csc(-c2csc(-c3csc(-c4csc(-c5csc(-c6csc(-c7csc(-c8csc(-c9csc(-c%10csc(-c%11csc(-c%12csc(-c%13csc(-c%14csc(-c%15csc(-c%16csc(-c%17csc(-c%18csc(-c%19csc(-c%20csc(-c%21csc(-c%22csc(-c%23csc(-c%24csc(-c%25csc(-c%26csc(-c%27csc(-c%28cscn%28)n%27)n%26)n%25)n%24)n%23)n%22)n%21)n%20)n%19)n%18)n%17)n%16)n%15)n%14)n%13)n%12)n%11)n%10)n9)n8)n7)n6)n5)n4)n3)n2)n1. The maximum absolute atomic E-state index is 5.02. The molecule has 0 spiro atoms. The Labute approximate surface area is 896 Å². The predicted molar refractivity (Wildman–Crippen MR) is 592 cm³/mol. The average molecular weight is 2330 g/mol. The molecule has 0 saturated carbocycles. The lowest BCUT2D eigenvalue weighted by Crippen LogP contribution is -1.83. The highest BCUT2D eigenvalue weighted by atomic mass is 32.2. The zero-order valence-corrected chi connectivity index (χ0v) is 91.1. The standard InChI is InChI=1S/C84H30N28S28/c1-2-114-58(85-1)32-4-116-60(87-32)34-6-118-62(89-34)36-8-120-64(91-36)38-10-122-66(93-38)40-12-124-68(95-40)42-14-126-70(97-42)44-16-128-72(99-44)46-18-130-74(101-46)48-20-132-76(103-48)50-22-134-78(105-50)52-24-136-80(107-52)54-26-138-82(109-54)56-28-140-84(111-56)57-29-139-83(112-57)55-27-137-81(110-55)53-25-135-79(108-53)51-23-133-77(106-51)49-21-131-75(104-49)47-19-129-73(102-47)45-17-127-71(100-45)43-15-125-69(98-43)41-13-123-67(96-41)39-11-121-65(94-39)37-9-119-63(92-37)35-7-117-61(90-35)33-5-115-59(88-33)31-3-113-30-86-31/h1-30H. The van der Waals surface area contributed by atoms with Crippen molar-refractivity contribution >= 4 is 317 Å². The second-order valence-corrected chi connectivity index (χ2v) is 52.6. The molecule has 28 aromatic rings. The lowest BCUT2D eigenvalue weighted by atomic mass is 10.4. The van der Waals surface area contributed by atoms with Crippen molar-refractivity contribution in [2.45, 2.75) is 0 Å². The van der Waals surface area contributed by atoms with Gasteiger partial charge in [0, 0.05) is 157 Å². The number of thiazole rings is 28. The quantitative estimate of drug-likeness (QED) is 0.0461. The topological polar surface area (TPSA) is 361 Å². The third-order valence-electron chi connectivity index (χ3n) is 19.9. The van der Waals surface area contributed by atoms with Gasteiger partial charge in [0.05, 0.1) is 5.51 Å². The summed E-state index contributed by atoms with van der Waals surface area (Å²) in [6.07, 6.45) is 1.79. The summed E-state index contributed by atoms with van der Waals surface area (Å²) >= 11 is 43.2. The van der Waals surface area contributed by atoms with Gasteiger partial charge in [0.15, 0.2) is 0 Å². The first kappa shape index (κ1) is 87.4. The normalized spacial score (nSPS) is 11.9. The molecule has 0 N–H and O–H groups in total. The molecular weight excluding hydrogens is 2300 g/mol. The van der Waals surface area contributed by atoms with Gasteiger partial charge in [0.25, 0.3) is 0 Å². The van der Waals surface area contributed by atoms with Crippen LogP contribution in [0.25, 0.3) is 289 Å². The van der Waals surface area contributed by atoms with Gasteiger partial charge in [-0.15, -0.1) is 317 Å². The molecule has 56 heteroatoms. The number of nitrogens with zero attached hydrogens (tertiary/aromatic N) is 28. The van der Waals surface area contributed by atoms with Crippen molar-refractivity contribution in [3.8, 4) is 289 Å². The van der Waals surface area contributed by atoms with Gasteiger partial charge in [0.1, 0.15) is 289 Å². The van der Waals surface area contributed by atoms with E-state index in [1.165, 1.54) is 170 Å². The minimum atomic E-state index is 0.782. The van der Waals surface area contributed by atoms with E-state index < -0.39 is 0 Å². The minimum absolute atomic E-state index is 0.782. The molecular formula is C84H30N28S28. The number of hydrogen-bond donors (Lipinski definition) is 0. The summed E-state index contributed by atoms with van der Waals surface area (Å²) in [6.45, 7) is 0. The lowest BCUT2D eigenvalue weighted by Gasteiger charge is -1.91. The van der Waals surface area contributed by atoms with Crippen molar-refractivity contribution in [3.05, 3.63) is 162 Å². The van der Waals surface area contributed by atoms with Crippen LogP contribution in [-0.2, 0) is 0 Å². The third kappa shape index (κ3) is 17.1. The highest BCUT2D eigenvalue weighted by Gasteiger charge is 2.28. The van der Waals surface area contributed by atoms with Crippen LogP contribution in [0, 0.1) is 0 Å². The third-order valence-corrected chi connectivity index (χ3v) is 43.8.